The Morgan fingerprint density at radius 3 is 2.75 bits per heavy atom. The van der Waals surface area contributed by atoms with Crippen LogP contribution in [0.25, 0.3) is 0 Å². The Hall–Kier alpha value is -1.09. The fraction of sp³-hybridized carbons (Fsp3) is 0.615. The van der Waals surface area contributed by atoms with E-state index in [4.69, 9.17) is 0 Å². The maximum Gasteiger partial charge on any atom is 0.308 e. The highest BCUT2D eigenvalue weighted by molar-refractivity contribution is 5.69. The summed E-state index contributed by atoms with van der Waals surface area (Å²) >= 11 is 0. The second kappa shape index (κ2) is 9.16. The quantitative estimate of drug-likeness (QED) is 0.393. The monoisotopic (exact) mass is 226 g/mol. The molecular formula is C13H22O3. The lowest BCUT2D eigenvalue weighted by Gasteiger charge is -2.09. The number of aliphatic hydroxyl groups is 1. The Labute approximate surface area is 97.8 Å². The molecule has 0 bridgehead atoms. The fourth-order valence-corrected chi connectivity index (χ4v) is 1.32. The summed E-state index contributed by atoms with van der Waals surface area (Å²) in [4.78, 5) is 10.9. The lowest BCUT2D eigenvalue weighted by molar-refractivity contribution is -0.142. The van der Waals surface area contributed by atoms with Gasteiger partial charge >= 0.3 is 5.97 Å². The number of allylic oxidation sites excluding steroid dienone is 3. The molecule has 1 unspecified atom stereocenters. The number of methoxy groups -OCH3 is 1. The molecule has 0 saturated heterocycles. The molecule has 16 heavy (non-hydrogen) atoms. The molecular weight excluding hydrogens is 204 g/mol. The molecule has 0 fully saturated rings. The molecule has 0 amide bonds. The molecule has 0 aliphatic rings. The minimum Gasteiger partial charge on any atom is -0.469 e. The van der Waals surface area contributed by atoms with Gasteiger partial charge in [0.25, 0.3) is 0 Å². The zero-order valence-electron chi connectivity index (χ0n) is 10.2. The Morgan fingerprint density at radius 1 is 1.50 bits per heavy atom. The van der Waals surface area contributed by atoms with Crippen LogP contribution in [0.2, 0.25) is 0 Å². The lowest BCUT2D eigenvalue weighted by atomic mass is 10.1. The van der Waals surface area contributed by atoms with E-state index in [-0.39, 0.29) is 12.4 Å². The van der Waals surface area contributed by atoms with Gasteiger partial charge in [0.2, 0.25) is 0 Å². The summed E-state index contributed by atoms with van der Waals surface area (Å²) in [7, 11) is 1.33. The molecule has 0 spiro atoms. The van der Waals surface area contributed by atoms with Crippen molar-refractivity contribution < 1.29 is 14.6 Å². The van der Waals surface area contributed by atoms with Gasteiger partial charge in [-0.2, -0.15) is 0 Å². The molecule has 1 atom stereocenters. The molecule has 1 N–H and O–H groups in total. The van der Waals surface area contributed by atoms with Gasteiger partial charge in [0, 0.05) is 0 Å². The number of ether oxygens (including phenoxy) is 1. The zero-order chi connectivity index (χ0) is 12.4. The van der Waals surface area contributed by atoms with Crippen molar-refractivity contribution in [3.63, 3.8) is 0 Å². The second-order valence-corrected chi connectivity index (χ2v) is 3.89. The molecule has 0 heterocycles. The molecule has 0 aliphatic heterocycles. The Morgan fingerprint density at radius 2 is 2.19 bits per heavy atom. The first-order chi connectivity index (χ1) is 7.60. The maximum atomic E-state index is 10.9. The van der Waals surface area contributed by atoms with Crippen molar-refractivity contribution in [2.45, 2.75) is 45.1 Å². The van der Waals surface area contributed by atoms with Crippen LogP contribution in [0.15, 0.2) is 24.3 Å². The van der Waals surface area contributed by atoms with Gasteiger partial charge in [-0.25, -0.2) is 0 Å². The van der Waals surface area contributed by atoms with Crippen LogP contribution < -0.4 is 0 Å². The molecule has 3 heteroatoms. The van der Waals surface area contributed by atoms with Crippen molar-refractivity contribution in [2.75, 3.05) is 7.11 Å². The minimum absolute atomic E-state index is 0.0798. The van der Waals surface area contributed by atoms with Crippen LogP contribution in [-0.2, 0) is 9.53 Å². The summed E-state index contributed by atoms with van der Waals surface area (Å²) in [6.07, 6.45) is 6.89. The molecule has 0 rings (SSSR count). The van der Waals surface area contributed by atoms with Crippen LogP contribution in [0, 0.1) is 0 Å². The van der Waals surface area contributed by atoms with Gasteiger partial charge in [-0.15, -0.1) is 6.58 Å². The Balaban J connectivity index is 3.73. The van der Waals surface area contributed by atoms with Crippen molar-refractivity contribution in [3.05, 3.63) is 24.3 Å². The number of hydrogen-bond acceptors (Lipinski definition) is 3. The molecule has 0 aromatic carbocycles. The average molecular weight is 226 g/mol. The number of rotatable bonds is 8. The Bertz CT molecular complexity index is 244. The van der Waals surface area contributed by atoms with Gasteiger partial charge in [0.1, 0.15) is 0 Å². The van der Waals surface area contributed by atoms with Crippen molar-refractivity contribution in [2.24, 2.45) is 0 Å². The maximum absolute atomic E-state index is 10.9. The van der Waals surface area contributed by atoms with Crippen LogP contribution in [-0.4, -0.2) is 24.3 Å². The van der Waals surface area contributed by atoms with Gasteiger partial charge < -0.3 is 9.84 Å². The first kappa shape index (κ1) is 14.9. The molecule has 0 aliphatic carbocycles. The van der Waals surface area contributed by atoms with Crippen LogP contribution in [0.4, 0.5) is 0 Å². The zero-order valence-corrected chi connectivity index (χ0v) is 10.2. The normalized spacial score (nSPS) is 13.3. The number of carbonyl (C=O) groups excluding carboxylic acids is 1. The number of aliphatic hydroxyl groups excluding tert-OH is 1. The second-order valence-electron chi connectivity index (χ2n) is 3.89. The number of hydrogen-bond donors (Lipinski definition) is 1. The van der Waals surface area contributed by atoms with E-state index in [1.165, 1.54) is 12.7 Å². The lowest BCUT2D eigenvalue weighted by Crippen LogP contribution is -2.14. The summed E-state index contributed by atoms with van der Waals surface area (Å²) in [6.45, 7) is 5.69. The predicted molar refractivity (Wildman–Crippen MR) is 65.1 cm³/mol. The van der Waals surface area contributed by atoms with E-state index >= 15 is 0 Å². The molecule has 92 valence electrons. The van der Waals surface area contributed by atoms with E-state index in [0.717, 1.165) is 19.3 Å². The molecule has 0 aromatic rings. The number of carbonyl (C=O) groups is 1. The summed E-state index contributed by atoms with van der Waals surface area (Å²) in [5.74, 6) is -0.360. The first-order valence-corrected chi connectivity index (χ1v) is 5.61. The van der Waals surface area contributed by atoms with E-state index in [1.807, 2.05) is 13.0 Å². The van der Waals surface area contributed by atoms with E-state index in [1.54, 1.807) is 0 Å². The third kappa shape index (κ3) is 8.24. The van der Waals surface area contributed by atoms with Gasteiger partial charge in [0.15, 0.2) is 0 Å². The first-order valence-electron chi connectivity index (χ1n) is 5.61. The van der Waals surface area contributed by atoms with E-state index in [2.05, 4.69) is 17.4 Å². The van der Waals surface area contributed by atoms with Gasteiger partial charge in [0.05, 0.1) is 19.6 Å². The highest BCUT2D eigenvalue weighted by atomic mass is 16.5. The van der Waals surface area contributed by atoms with Gasteiger partial charge in [-0.3, -0.25) is 4.79 Å². The Kier molecular flexibility index (Phi) is 8.53. The molecule has 0 radical (unpaired) electrons. The van der Waals surface area contributed by atoms with E-state index in [0.29, 0.717) is 6.42 Å². The number of esters is 1. The van der Waals surface area contributed by atoms with E-state index in [9.17, 15) is 9.90 Å². The summed E-state index contributed by atoms with van der Waals surface area (Å²) in [5, 5.41) is 9.53. The molecule has 0 aromatic heterocycles. The van der Waals surface area contributed by atoms with Crippen LogP contribution >= 0.6 is 0 Å². The predicted octanol–water partition coefficient (Wildman–Crippen LogP) is 2.60. The largest absolute Gasteiger partial charge is 0.469 e. The van der Waals surface area contributed by atoms with Gasteiger partial charge in [-0.05, 0) is 32.6 Å². The van der Waals surface area contributed by atoms with E-state index < -0.39 is 6.10 Å². The van der Waals surface area contributed by atoms with Crippen molar-refractivity contribution in [1.29, 1.82) is 0 Å². The summed E-state index contributed by atoms with van der Waals surface area (Å²) in [5.41, 5.74) is 1.24. The standard InChI is InChI=1S/C13H22O3/c1-4-5-6-7-11(2)8-9-12(14)10-13(15)16-3/h4,7,12,14H,1,5-6,8-10H2,2-3H3. The average Bonchev–Trinajstić information content (AvgIpc) is 2.26. The fourth-order valence-electron chi connectivity index (χ4n) is 1.32. The highest BCUT2D eigenvalue weighted by Crippen LogP contribution is 2.11. The smallest absolute Gasteiger partial charge is 0.308 e. The van der Waals surface area contributed by atoms with Crippen LogP contribution in [0.3, 0.4) is 0 Å². The third-order valence-corrected chi connectivity index (χ3v) is 2.37. The highest BCUT2D eigenvalue weighted by Gasteiger charge is 2.10. The van der Waals surface area contributed by atoms with Crippen LogP contribution in [0.5, 0.6) is 0 Å². The van der Waals surface area contributed by atoms with Crippen molar-refractivity contribution in [3.8, 4) is 0 Å². The van der Waals surface area contributed by atoms with Gasteiger partial charge in [-0.1, -0.05) is 17.7 Å². The minimum atomic E-state index is -0.602. The topological polar surface area (TPSA) is 46.5 Å². The summed E-state index contributed by atoms with van der Waals surface area (Å²) in [6, 6.07) is 0. The summed E-state index contributed by atoms with van der Waals surface area (Å²) < 4.78 is 4.48. The van der Waals surface area contributed by atoms with Crippen molar-refractivity contribution >= 4 is 5.97 Å². The SMILES string of the molecule is C=CCCC=C(C)CCC(O)CC(=O)OC. The number of unbranched alkanes of at least 4 members (excludes halogenated alkanes) is 1. The van der Waals surface area contributed by atoms with Crippen LogP contribution in [0.1, 0.15) is 39.0 Å². The molecule has 3 nitrogen and oxygen atoms in total. The molecule has 0 saturated carbocycles. The third-order valence-electron chi connectivity index (χ3n) is 2.37. The van der Waals surface area contributed by atoms with Crippen molar-refractivity contribution in [1.82, 2.24) is 0 Å².